The largest absolute Gasteiger partial charge is 0.497 e. The number of carbonyl (C=O) groups excluding carboxylic acids is 3. The number of amides is 2. The maximum atomic E-state index is 12.7. The number of anilines is 1. The Hall–Kier alpha value is -3.81. The van der Waals surface area contributed by atoms with Gasteiger partial charge in [-0.25, -0.2) is 0 Å². The predicted octanol–water partition coefficient (Wildman–Crippen LogP) is 3.54. The monoisotopic (exact) mass is 438 g/mol. The van der Waals surface area contributed by atoms with Crippen molar-refractivity contribution in [2.75, 3.05) is 19.5 Å². The molecule has 8 heteroatoms. The Bertz CT molecular complexity index is 1050. The fourth-order valence-electron chi connectivity index (χ4n) is 3.52. The second kappa shape index (κ2) is 10.00. The average Bonchev–Trinajstić information content (AvgIpc) is 2.78. The molecular formula is C24H26N2O6. The van der Waals surface area contributed by atoms with Gasteiger partial charge in [0.2, 0.25) is 5.91 Å². The molecule has 0 saturated carbocycles. The summed E-state index contributed by atoms with van der Waals surface area (Å²) in [6.07, 6.45) is 2.35. The van der Waals surface area contributed by atoms with Crippen LogP contribution in [0.15, 0.2) is 48.7 Å². The van der Waals surface area contributed by atoms with Crippen LogP contribution >= 0.6 is 0 Å². The van der Waals surface area contributed by atoms with E-state index in [0.29, 0.717) is 17.2 Å². The lowest BCUT2D eigenvalue weighted by Gasteiger charge is -2.32. The summed E-state index contributed by atoms with van der Waals surface area (Å²) < 4.78 is 15.8. The maximum Gasteiger partial charge on any atom is 0.309 e. The normalized spacial score (nSPS) is 15.4. The fraction of sp³-hybridized carbons (Fsp3) is 0.292. The van der Waals surface area contributed by atoms with E-state index >= 15 is 0 Å². The number of fused-ring (bicyclic) bond motifs is 1. The highest BCUT2D eigenvalue weighted by molar-refractivity contribution is 5.96. The first kappa shape index (κ1) is 22.9. The van der Waals surface area contributed by atoms with E-state index in [-0.39, 0.29) is 12.3 Å². The fourth-order valence-corrected chi connectivity index (χ4v) is 3.52. The molecule has 2 aromatic rings. The molecule has 0 bridgehead atoms. The first-order valence-corrected chi connectivity index (χ1v) is 10.1. The van der Waals surface area contributed by atoms with E-state index in [1.165, 1.54) is 33.0 Å². The van der Waals surface area contributed by atoms with E-state index in [0.717, 1.165) is 11.1 Å². The van der Waals surface area contributed by atoms with E-state index in [4.69, 9.17) is 14.2 Å². The minimum absolute atomic E-state index is 0.0823. The third-order valence-electron chi connectivity index (χ3n) is 5.17. The lowest BCUT2D eigenvalue weighted by molar-refractivity contribution is -0.154. The Labute approximate surface area is 186 Å². The Morgan fingerprint density at radius 3 is 2.53 bits per heavy atom. The summed E-state index contributed by atoms with van der Waals surface area (Å²) >= 11 is 0. The molecule has 3 rings (SSSR count). The molecule has 0 radical (unpaired) electrons. The molecule has 8 nitrogen and oxygen atoms in total. The standard InChI is InChI=1S/C24H26N2O6/c1-15(24(29)25-20-13-18(30-3)9-10-22(20)31-4)32-23(28)14-21-19-8-6-5-7-17(19)11-12-26(21)16(2)27/h5-13,15,21H,14H2,1-4H3,(H,25,29)/t15-,21+/m1/s1. The average molecular weight is 438 g/mol. The van der Waals surface area contributed by atoms with E-state index in [2.05, 4.69) is 5.32 Å². The quantitative estimate of drug-likeness (QED) is 0.665. The van der Waals surface area contributed by atoms with Gasteiger partial charge in [0.05, 0.1) is 32.4 Å². The number of carbonyl (C=O) groups is 3. The molecule has 1 heterocycles. The summed E-state index contributed by atoms with van der Waals surface area (Å²) in [7, 11) is 3.00. The lowest BCUT2D eigenvalue weighted by atomic mass is 9.94. The number of esters is 1. The van der Waals surface area contributed by atoms with E-state index < -0.39 is 24.0 Å². The highest BCUT2D eigenvalue weighted by Crippen LogP contribution is 2.33. The van der Waals surface area contributed by atoms with Crippen LogP contribution in [0, 0.1) is 0 Å². The summed E-state index contributed by atoms with van der Waals surface area (Å²) in [5.74, 6) is -0.312. The highest BCUT2D eigenvalue weighted by Gasteiger charge is 2.30. The minimum Gasteiger partial charge on any atom is -0.497 e. The number of nitrogens with one attached hydrogen (secondary N) is 1. The van der Waals surface area contributed by atoms with Crippen LogP contribution in [0.4, 0.5) is 5.69 Å². The lowest BCUT2D eigenvalue weighted by Crippen LogP contribution is -2.35. The van der Waals surface area contributed by atoms with Gasteiger partial charge < -0.3 is 24.4 Å². The van der Waals surface area contributed by atoms with Crippen molar-refractivity contribution in [1.29, 1.82) is 0 Å². The van der Waals surface area contributed by atoms with Crippen molar-refractivity contribution >= 4 is 29.5 Å². The second-order valence-electron chi connectivity index (χ2n) is 7.28. The van der Waals surface area contributed by atoms with Gasteiger partial charge in [0, 0.05) is 19.2 Å². The van der Waals surface area contributed by atoms with Crippen LogP contribution < -0.4 is 14.8 Å². The topological polar surface area (TPSA) is 94.2 Å². The summed E-state index contributed by atoms with van der Waals surface area (Å²) in [6.45, 7) is 2.92. The molecule has 0 aliphatic carbocycles. The molecule has 0 unspecified atom stereocenters. The van der Waals surface area contributed by atoms with Crippen molar-refractivity contribution in [2.24, 2.45) is 0 Å². The summed E-state index contributed by atoms with van der Waals surface area (Å²) in [5.41, 5.74) is 2.17. The van der Waals surface area contributed by atoms with Gasteiger partial charge in [-0.1, -0.05) is 24.3 Å². The van der Waals surface area contributed by atoms with E-state index in [1.807, 2.05) is 30.3 Å². The zero-order valence-electron chi connectivity index (χ0n) is 18.5. The van der Waals surface area contributed by atoms with Crippen LogP contribution in [-0.2, 0) is 19.1 Å². The first-order valence-electron chi connectivity index (χ1n) is 10.1. The van der Waals surface area contributed by atoms with Crippen molar-refractivity contribution in [3.63, 3.8) is 0 Å². The number of hydrogen-bond acceptors (Lipinski definition) is 6. The zero-order valence-corrected chi connectivity index (χ0v) is 18.5. The zero-order chi connectivity index (χ0) is 23.3. The maximum absolute atomic E-state index is 12.7. The van der Waals surface area contributed by atoms with Crippen molar-refractivity contribution in [3.05, 3.63) is 59.8 Å². The van der Waals surface area contributed by atoms with E-state index in [1.54, 1.807) is 24.4 Å². The van der Waals surface area contributed by atoms with E-state index in [9.17, 15) is 14.4 Å². The van der Waals surface area contributed by atoms with Crippen molar-refractivity contribution < 1.29 is 28.6 Å². The number of rotatable bonds is 7. The first-order chi connectivity index (χ1) is 15.3. The molecule has 32 heavy (non-hydrogen) atoms. The summed E-state index contributed by atoms with van der Waals surface area (Å²) in [4.78, 5) is 38.9. The van der Waals surface area contributed by atoms with Gasteiger partial charge in [-0.2, -0.15) is 0 Å². The third kappa shape index (κ3) is 5.08. The molecule has 1 aliphatic rings. The third-order valence-corrected chi connectivity index (χ3v) is 5.17. The minimum atomic E-state index is -1.06. The van der Waals surface area contributed by atoms with Gasteiger partial charge in [-0.05, 0) is 36.3 Å². The molecule has 1 aliphatic heterocycles. The van der Waals surface area contributed by atoms with Crippen LogP contribution in [-0.4, -0.2) is 43.0 Å². The molecule has 168 valence electrons. The molecule has 0 fully saturated rings. The van der Waals surface area contributed by atoms with Gasteiger partial charge in [0.25, 0.3) is 5.91 Å². The van der Waals surface area contributed by atoms with Gasteiger partial charge >= 0.3 is 5.97 Å². The van der Waals surface area contributed by atoms with Crippen LogP contribution in [0.1, 0.15) is 37.4 Å². The van der Waals surface area contributed by atoms with Crippen molar-refractivity contribution in [1.82, 2.24) is 4.90 Å². The van der Waals surface area contributed by atoms with Gasteiger partial charge in [-0.3, -0.25) is 14.4 Å². The number of methoxy groups -OCH3 is 2. The SMILES string of the molecule is COc1ccc(OC)c(NC(=O)[C@@H](C)OC(=O)C[C@H]2c3ccccc3C=CN2C(C)=O)c1. The number of nitrogens with zero attached hydrogens (tertiary/aromatic N) is 1. The van der Waals surface area contributed by atoms with Crippen LogP contribution in [0.2, 0.25) is 0 Å². The van der Waals surface area contributed by atoms with Gasteiger partial charge in [-0.15, -0.1) is 0 Å². The molecule has 2 amide bonds. The Kier molecular flexibility index (Phi) is 7.14. The molecule has 2 aromatic carbocycles. The molecule has 1 N–H and O–H groups in total. The highest BCUT2D eigenvalue weighted by atomic mass is 16.5. The van der Waals surface area contributed by atoms with Crippen molar-refractivity contribution in [2.45, 2.75) is 32.4 Å². The molecule has 0 spiro atoms. The summed E-state index contributed by atoms with van der Waals surface area (Å²) in [6, 6.07) is 12.0. The van der Waals surface area contributed by atoms with Crippen LogP contribution in [0.3, 0.4) is 0 Å². The Morgan fingerprint density at radius 2 is 1.84 bits per heavy atom. The van der Waals surface area contributed by atoms with Gasteiger partial charge in [0.15, 0.2) is 6.10 Å². The Morgan fingerprint density at radius 1 is 1.09 bits per heavy atom. The van der Waals surface area contributed by atoms with Crippen LogP contribution in [0.5, 0.6) is 11.5 Å². The molecule has 2 atom stereocenters. The molecule has 0 saturated heterocycles. The number of benzene rings is 2. The smallest absolute Gasteiger partial charge is 0.309 e. The summed E-state index contributed by atoms with van der Waals surface area (Å²) in [5, 5.41) is 2.69. The number of hydrogen-bond donors (Lipinski definition) is 1. The molecular weight excluding hydrogens is 412 g/mol. The Balaban J connectivity index is 1.68. The number of ether oxygens (including phenoxy) is 3. The second-order valence-corrected chi connectivity index (χ2v) is 7.28. The van der Waals surface area contributed by atoms with Crippen molar-refractivity contribution in [3.8, 4) is 11.5 Å². The molecule has 0 aromatic heterocycles. The van der Waals surface area contributed by atoms with Crippen LogP contribution in [0.25, 0.3) is 6.08 Å². The van der Waals surface area contributed by atoms with Gasteiger partial charge in [0.1, 0.15) is 11.5 Å². The predicted molar refractivity (Wildman–Crippen MR) is 119 cm³/mol.